The number of aromatic nitrogens is 1. The van der Waals surface area contributed by atoms with Crippen LogP contribution in [-0.4, -0.2) is 36.0 Å². The molecule has 4 rings (SSSR count). The van der Waals surface area contributed by atoms with Gasteiger partial charge in [0.15, 0.2) is 11.5 Å². The summed E-state index contributed by atoms with van der Waals surface area (Å²) in [5, 5.41) is 2.47. The molecular weight excluding hydrogens is 410 g/mol. The van der Waals surface area contributed by atoms with Gasteiger partial charge in [-0.25, -0.2) is 13.8 Å². The Kier molecular flexibility index (Phi) is 5.94. The number of methoxy groups -OCH3 is 1. The second-order valence-corrected chi connectivity index (χ2v) is 7.79. The molecule has 0 aliphatic carbocycles. The largest absolute Gasteiger partial charge is 0.493 e. The lowest BCUT2D eigenvalue weighted by molar-refractivity contribution is 0.0788. The number of amides is 1. The molecular formula is C22H20F2N2O3S. The first-order valence-electron chi connectivity index (χ1n) is 9.55. The van der Waals surface area contributed by atoms with Crippen LogP contribution in [-0.2, 0) is 6.61 Å². The summed E-state index contributed by atoms with van der Waals surface area (Å²) in [6, 6.07) is 8.63. The van der Waals surface area contributed by atoms with Crippen LogP contribution in [0.2, 0.25) is 0 Å². The average molecular weight is 430 g/mol. The standard InChI is InChI=1S/C22H20F2N2O3S/c1-28-20-10-14(21-25-18(13-30-21)22(27)26-8-2-3-9-26)5-7-19(20)29-12-15-4-6-16(23)11-17(15)24/h4-7,10-11,13H,2-3,8-9,12H2,1H3. The van der Waals surface area contributed by atoms with Crippen LogP contribution in [0.1, 0.15) is 28.9 Å². The number of carbonyl (C=O) groups is 1. The zero-order chi connectivity index (χ0) is 21.1. The number of hydrogen-bond donors (Lipinski definition) is 0. The molecule has 1 aromatic heterocycles. The second-order valence-electron chi connectivity index (χ2n) is 6.93. The van der Waals surface area contributed by atoms with Gasteiger partial charge in [0.25, 0.3) is 5.91 Å². The number of rotatable bonds is 6. The summed E-state index contributed by atoms with van der Waals surface area (Å²) in [5.41, 5.74) is 1.48. The van der Waals surface area contributed by atoms with E-state index in [9.17, 15) is 13.6 Å². The van der Waals surface area contributed by atoms with Gasteiger partial charge in [0.1, 0.15) is 28.9 Å². The molecule has 8 heteroatoms. The molecule has 0 spiro atoms. The molecule has 1 fully saturated rings. The summed E-state index contributed by atoms with van der Waals surface area (Å²) >= 11 is 1.39. The highest BCUT2D eigenvalue weighted by Crippen LogP contribution is 2.34. The molecule has 0 unspecified atom stereocenters. The van der Waals surface area contributed by atoms with Crippen LogP contribution in [0.3, 0.4) is 0 Å². The van der Waals surface area contributed by atoms with E-state index in [1.54, 1.807) is 17.5 Å². The van der Waals surface area contributed by atoms with Gasteiger partial charge in [0.05, 0.1) is 7.11 Å². The highest BCUT2D eigenvalue weighted by Gasteiger charge is 2.22. The number of hydrogen-bond acceptors (Lipinski definition) is 5. The maximum Gasteiger partial charge on any atom is 0.273 e. The van der Waals surface area contributed by atoms with Gasteiger partial charge in [-0.15, -0.1) is 11.3 Å². The molecule has 0 atom stereocenters. The zero-order valence-electron chi connectivity index (χ0n) is 16.4. The second kappa shape index (κ2) is 8.79. The van der Waals surface area contributed by atoms with Crippen molar-refractivity contribution in [2.24, 2.45) is 0 Å². The van der Waals surface area contributed by atoms with Gasteiger partial charge in [-0.1, -0.05) is 0 Å². The molecule has 2 heterocycles. The van der Waals surface area contributed by atoms with Crippen LogP contribution in [0.4, 0.5) is 8.78 Å². The number of carbonyl (C=O) groups excluding carboxylic acids is 1. The van der Waals surface area contributed by atoms with E-state index in [-0.39, 0.29) is 18.1 Å². The van der Waals surface area contributed by atoms with Crippen molar-refractivity contribution in [1.82, 2.24) is 9.88 Å². The van der Waals surface area contributed by atoms with Crippen LogP contribution in [0.5, 0.6) is 11.5 Å². The van der Waals surface area contributed by atoms with E-state index in [4.69, 9.17) is 9.47 Å². The Hall–Kier alpha value is -3.00. The molecule has 1 saturated heterocycles. The van der Waals surface area contributed by atoms with Crippen LogP contribution in [0, 0.1) is 11.6 Å². The van der Waals surface area contributed by atoms with Crippen LogP contribution < -0.4 is 9.47 Å². The molecule has 0 saturated carbocycles. The first-order valence-corrected chi connectivity index (χ1v) is 10.4. The minimum absolute atomic E-state index is 0.0387. The maximum atomic E-state index is 13.8. The Balaban J connectivity index is 1.50. The van der Waals surface area contributed by atoms with Gasteiger partial charge in [-0.3, -0.25) is 4.79 Å². The normalized spacial score (nSPS) is 13.5. The Morgan fingerprint density at radius 1 is 1.13 bits per heavy atom. The first-order chi connectivity index (χ1) is 14.5. The predicted octanol–water partition coefficient (Wildman–Crippen LogP) is 4.91. The zero-order valence-corrected chi connectivity index (χ0v) is 17.2. The van der Waals surface area contributed by atoms with E-state index in [0.29, 0.717) is 22.2 Å². The smallest absolute Gasteiger partial charge is 0.273 e. The average Bonchev–Trinajstić information content (AvgIpc) is 3.45. The number of halogens is 2. The van der Waals surface area contributed by atoms with Crippen molar-refractivity contribution in [3.63, 3.8) is 0 Å². The molecule has 0 N–H and O–H groups in total. The van der Waals surface area contributed by atoms with E-state index in [1.807, 2.05) is 11.0 Å². The Labute approximate surface area is 176 Å². The molecule has 5 nitrogen and oxygen atoms in total. The number of nitrogens with zero attached hydrogens (tertiary/aromatic N) is 2. The summed E-state index contributed by atoms with van der Waals surface area (Å²) in [7, 11) is 1.51. The van der Waals surface area contributed by atoms with E-state index >= 15 is 0 Å². The Morgan fingerprint density at radius 3 is 2.67 bits per heavy atom. The maximum absolute atomic E-state index is 13.8. The monoisotopic (exact) mass is 430 g/mol. The van der Waals surface area contributed by atoms with Gasteiger partial charge >= 0.3 is 0 Å². The lowest BCUT2D eigenvalue weighted by atomic mass is 10.2. The fraction of sp³-hybridized carbons (Fsp3) is 0.273. The van der Waals surface area contributed by atoms with Gasteiger partial charge in [0.2, 0.25) is 0 Å². The van der Waals surface area contributed by atoms with Crippen molar-refractivity contribution in [3.05, 3.63) is 64.7 Å². The molecule has 1 aliphatic rings. The molecule has 1 aliphatic heterocycles. The minimum Gasteiger partial charge on any atom is -0.493 e. The molecule has 1 amide bonds. The Morgan fingerprint density at radius 2 is 1.93 bits per heavy atom. The summed E-state index contributed by atoms with van der Waals surface area (Å²) < 4.78 is 37.9. The molecule has 3 aromatic rings. The number of ether oxygens (including phenoxy) is 2. The number of benzene rings is 2. The van der Waals surface area contributed by atoms with Crippen molar-refractivity contribution >= 4 is 17.2 Å². The predicted molar refractivity (Wildman–Crippen MR) is 110 cm³/mol. The Bertz CT molecular complexity index is 1060. The van der Waals surface area contributed by atoms with Gasteiger partial charge in [-0.05, 0) is 43.2 Å². The number of thiazole rings is 1. The minimum atomic E-state index is -0.663. The highest BCUT2D eigenvalue weighted by atomic mass is 32.1. The quantitative estimate of drug-likeness (QED) is 0.558. The number of likely N-dealkylation sites (tertiary alicyclic amines) is 1. The summed E-state index contributed by atoms with van der Waals surface area (Å²) in [6.45, 7) is 1.49. The van der Waals surface area contributed by atoms with Crippen molar-refractivity contribution in [2.45, 2.75) is 19.4 Å². The molecule has 30 heavy (non-hydrogen) atoms. The molecule has 0 radical (unpaired) electrons. The van der Waals surface area contributed by atoms with E-state index in [0.717, 1.165) is 37.6 Å². The third-order valence-electron chi connectivity index (χ3n) is 4.93. The van der Waals surface area contributed by atoms with Gasteiger partial charge in [-0.2, -0.15) is 0 Å². The van der Waals surface area contributed by atoms with Gasteiger partial charge < -0.3 is 14.4 Å². The SMILES string of the molecule is COc1cc(-c2nc(C(=O)N3CCCC3)cs2)ccc1OCc1ccc(F)cc1F. The lowest BCUT2D eigenvalue weighted by Gasteiger charge is -2.13. The van der Waals surface area contributed by atoms with Crippen molar-refractivity contribution < 1.29 is 23.0 Å². The topological polar surface area (TPSA) is 51.7 Å². The highest BCUT2D eigenvalue weighted by molar-refractivity contribution is 7.13. The molecule has 0 bridgehead atoms. The molecule has 2 aromatic carbocycles. The van der Waals surface area contributed by atoms with Crippen LogP contribution >= 0.6 is 11.3 Å². The fourth-order valence-electron chi connectivity index (χ4n) is 3.30. The van der Waals surface area contributed by atoms with E-state index < -0.39 is 11.6 Å². The van der Waals surface area contributed by atoms with Crippen LogP contribution in [0.15, 0.2) is 41.8 Å². The van der Waals surface area contributed by atoms with Crippen molar-refractivity contribution in [2.75, 3.05) is 20.2 Å². The van der Waals surface area contributed by atoms with Crippen LogP contribution in [0.25, 0.3) is 10.6 Å². The lowest BCUT2D eigenvalue weighted by Crippen LogP contribution is -2.27. The first kappa shape index (κ1) is 20.3. The van der Waals surface area contributed by atoms with Crippen molar-refractivity contribution in [3.8, 4) is 22.1 Å². The third-order valence-corrected chi connectivity index (χ3v) is 5.82. The third kappa shape index (κ3) is 4.28. The summed E-state index contributed by atoms with van der Waals surface area (Å²) in [4.78, 5) is 18.8. The van der Waals surface area contributed by atoms with E-state index in [2.05, 4.69) is 4.98 Å². The van der Waals surface area contributed by atoms with Gasteiger partial charge in [0, 0.05) is 35.7 Å². The summed E-state index contributed by atoms with van der Waals surface area (Å²) in [5.74, 6) is -0.455. The van der Waals surface area contributed by atoms with E-state index in [1.165, 1.54) is 30.6 Å². The van der Waals surface area contributed by atoms with Crippen molar-refractivity contribution in [1.29, 1.82) is 0 Å². The summed E-state index contributed by atoms with van der Waals surface area (Å²) in [6.07, 6.45) is 2.06. The fourth-order valence-corrected chi connectivity index (χ4v) is 4.09. The molecule has 156 valence electrons.